The van der Waals surface area contributed by atoms with Crippen molar-refractivity contribution in [2.75, 3.05) is 13.1 Å². The fourth-order valence-electron chi connectivity index (χ4n) is 4.55. The van der Waals surface area contributed by atoms with Crippen molar-refractivity contribution >= 4 is 28.2 Å². The molecular weight excluding hydrogens is 460 g/mol. The van der Waals surface area contributed by atoms with Gasteiger partial charge in [0.1, 0.15) is 5.01 Å². The Balaban J connectivity index is 1.41. The summed E-state index contributed by atoms with van der Waals surface area (Å²) in [6.45, 7) is 3.64. The monoisotopic (exact) mass is 482 g/mol. The third kappa shape index (κ3) is 3.98. The molecule has 5 aromatic rings. The van der Waals surface area contributed by atoms with Gasteiger partial charge in [0, 0.05) is 45.7 Å². The molecule has 0 saturated carbocycles. The topological polar surface area (TPSA) is 117 Å². The third-order valence-electron chi connectivity index (χ3n) is 6.27. The highest BCUT2D eigenvalue weighted by Crippen LogP contribution is 2.37. The summed E-state index contributed by atoms with van der Waals surface area (Å²) in [7, 11) is 0. The Bertz CT molecular complexity index is 1570. The maximum absolute atomic E-state index is 11.9. The highest BCUT2D eigenvalue weighted by Gasteiger charge is 2.27. The van der Waals surface area contributed by atoms with Gasteiger partial charge in [-0.25, -0.2) is 14.8 Å². The molecule has 0 spiro atoms. The van der Waals surface area contributed by atoms with Crippen molar-refractivity contribution in [2.45, 2.75) is 19.3 Å². The Kier molecular flexibility index (Phi) is 5.35. The van der Waals surface area contributed by atoms with Crippen molar-refractivity contribution in [2.24, 2.45) is 0 Å². The summed E-state index contributed by atoms with van der Waals surface area (Å²) in [5, 5.41) is 14.6. The molecule has 9 heteroatoms. The molecule has 1 aliphatic rings. The van der Waals surface area contributed by atoms with Crippen molar-refractivity contribution in [1.82, 2.24) is 30.2 Å². The van der Waals surface area contributed by atoms with E-state index in [9.17, 15) is 9.90 Å². The highest BCUT2D eigenvalue weighted by molar-refractivity contribution is 7.15. The van der Waals surface area contributed by atoms with Gasteiger partial charge in [0.25, 0.3) is 0 Å². The second-order valence-corrected chi connectivity index (χ2v) is 9.68. The van der Waals surface area contributed by atoms with E-state index >= 15 is 0 Å². The standard InChI is InChI=1S/C26H22N6O2S/c1-14-3-2-4-20(31-14)22-21(29-13-30-22)15-5-6-19-17(9-15)10-18(12-28-19)25-32-23(26(33)34)24(35-25)16-7-8-27-11-16/h2-6,9-10,12-13,16,27H,7-8,11H2,1H3,(H,29,30)(H,33,34). The van der Waals surface area contributed by atoms with E-state index in [1.54, 1.807) is 12.5 Å². The first-order valence-electron chi connectivity index (χ1n) is 11.4. The Labute approximate surface area is 205 Å². The van der Waals surface area contributed by atoms with E-state index in [2.05, 4.69) is 36.3 Å². The largest absolute Gasteiger partial charge is 0.476 e. The number of H-pyrrole nitrogens is 1. The fraction of sp³-hybridized carbons (Fsp3) is 0.192. The molecule has 1 unspecified atom stereocenters. The molecule has 35 heavy (non-hydrogen) atoms. The van der Waals surface area contributed by atoms with Crippen LogP contribution in [-0.4, -0.2) is 49.1 Å². The number of nitrogens with zero attached hydrogens (tertiary/aromatic N) is 4. The van der Waals surface area contributed by atoms with Crippen LogP contribution in [0.4, 0.5) is 0 Å². The molecule has 4 aromatic heterocycles. The van der Waals surface area contributed by atoms with Crippen LogP contribution in [0.15, 0.2) is 55.0 Å². The minimum Gasteiger partial charge on any atom is -0.476 e. The number of hydrogen-bond acceptors (Lipinski definition) is 7. The molecule has 0 amide bonds. The van der Waals surface area contributed by atoms with E-state index in [0.29, 0.717) is 5.01 Å². The van der Waals surface area contributed by atoms with Gasteiger partial charge in [-0.05, 0) is 50.2 Å². The summed E-state index contributed by atoms with van der Waals surface area (Å²) in [6, 6.07) is 13.9. The van der Waals surface area contributed by atoms with E-state index in [-0.39, 0.29) is 11.6 Å². The minimum absolute atomic E-state index is 0.152. The first-order chi connectivity index (χ1) is 17.1. The Morgan fingerprint density at radius 3 is 2.80 bits per heavy atom. The summed E-state index contributed by atoms with van der Waals surface area (Å²) >= 11 is 1.45. The van der Waals surface area contributed by atoms with Crippen LogP contribution in [-0.2, 0) is 0 Å². The lowest BCUT2D eigenvalue weighted by Gasteiger charge is -2.06. The van der Waals surface area contributed by atoms with Gasteiger partial charge < -0.3 is 15.4 Å². The molecule has 1 fully saturated rings. The molecule has 174 valence electrons. The molecule has 5 heterocycles. The second kappa shape index (κ2) is 8.68. The smallest absolute Gasteiger partial charge is 0.355 e. The predicted molar refractivity (Wildman–Crippen MR) is 136 cm³/mol. The van der Waals surface area contributed by atoms with Gasteiger partial charge in [0.15, 0.2) is 5.69 Å². The van der Waals surface area contributed by atoms with Crippen LogP contribution in [0.1, 0.15) is 33.4 Å². The normalized spacial score (nSPS) is 15.6. The number of carbonyl (C=O) groups is 1. The quantitative estimate of drug-likeness (QED) is 0.326. The lowest BCUT2D eigenvalue weighted by Crippen LogP contribution is -2.10. The molecule has 1 aliphatic heterocycles. The van der Waals surface area contributed by atoms with Gasteiger partial charge in [-0.3, -0.25) is 9.97 Å². The molecule has 0 radical (unpaired) electrons. The van der Waals surface area contributed by atoms with Crippen molar-refractivity contribution in [3.63, 3.8) is 0 Å². The van der Waals surface area contributed by atoms with Crippen LogP contribution in [0.5, 0.6) is 0 Å². The number of nitrogens with one attached hydrogen (secondary N) is 2. The van der Waals surface area contributed by atoms with E-state index in [1.165, 1.54) is 11.3 Å². The van der Waals surface area contributed by atoms with E-state index < -0.39 is 5.97 Å². The number of thiazole rings is 1. The SMILES string of the molecule is Cc1cccc(-c2[nH]cnc2-c2ccc3ncc(-c4nc(C(=O)O)c(C5CCNC5)s4)cc3c2)n1. The van der Waals surface area contributed by atoms with Crippen LogP contribution in [0.25, 0.3) is 44.1 Å². The average Bonchev–Trinajstić information content (AvgIpc) is 3.63. The first kappa shape index (κ1) is 21.6. The van der Waals surface area contributed by atoms with Gasteiger partial charge in [-0.1, -0.05) is 12.1 Å². The van der Waals surface area contributed by atoms with Crippen LogP contribution in [0.2, 0.25) is 0 Å². The van der Waals surface area contributed by atoms with Crippen molar-refractivity contribution in [3.8, 4) is 33.2 Å². The molecule has 0 bridgehead atoms. The van der Waals surface area contributed by atoms with Crippen LogP contribution in [0.3, 0.4) is 0 Å². The van der Waals surface area contributed by atoms with Gasteiger partial charge in [0.2, 0.25) is 0 Å². The molecular formula is C26H22N6O2S. The van der Waals surface area contributed by atoms with E-state index in [4.69, 9.17) is 0 Å². The third-order valence-corrected chi connectivity index (χ3v) is 7.54. The summed E-state index contributed by atoms with van der Waals surface area (Å²) < 4.78 is 0. The molecule has 1 aromatic carbocycles. The van der Waals surface area contributed by atoms with Crippen LogP contribution in [0, 0.1) is 6.92 Å². The Hall–Kier alpha value is -3.95. The molecule has 0 aliphatic carbocycles. The molecule has 1 atom stereocenters. The Morgan fingerprint density at radius 1 is 1.11 bits per heavy atom. The van der Waals surface area contributed by atoms with Gasteiger partial charge in [-0.2, -0.15) is 0 Å². The van der Waals surface area contributed by atoms with Crippen molar-refractivity contribution in [3.05, 3.63) is 71.3 Å². The summed E-state index contributed by atoms with van der Waals surface area (Å²) in [5.41, 5.74) is 6.19. The molecule has 8 nitrogen and oxygen atoms in total. The van der Waals surface area contributed by atoms with Gasteiger partial charge >= 0.3 is 5.97 Å². The average molecular weight is 483 g/mol. The number of pyridine rings is 2. The van der Waals surface area contributed by atoms with Crippen molar-refractivity contribution < 1.29 is 9.90 Å². The maximum Gasteiger partial charge on any atom is 0.355 e. The number of benzene rings is 1. The zero-order chi connectivity index (χ0) is 23.9. The number of carboxylic acids is 1. The number of aromatic amines is 1. The molecule has 6 rings (SSSR count). The first-order valence-corrected chi connectivity index (χ1v) is 12.2. The zero-order valence-corrected chi connectivity index (χ0v) is 19.8. The number of hydrogen-bond donors (Lipinski definition) is 3. The van der Waals surface area contributed by atoms with Crippen molar-refractivity contribution in [1.29, 1.82) is 0 Å². The van der Waals surface area contributed by atoms with E-state index in [1.807, 2.05) is 43.3 Å². The molecule has 3 N–H and O–H groups in total. The lowest BCUT2D eigenvalue weighted by molar-refractivity contribution is 0.0690. The fourth-order valence-corrected chi connectivity index (χ4v) is 5.72. The maximum atomic E-state index is 11.9. The lowest BCUT2D eigenvalue weighted by atomic mass is 10.0. The number of aryl methyl sites for hydroxylation is 1. The summed E-state index contributed by atoms with van der Waals surface area (Å²) in [6.07, 6.45) is 4.36. The number of aromatic nitrogens is 5. The number of imidazole rings is 1. The highest BCUT2D eigenvalue weighted by atomic mass is 32.1. The second-order valence-electron chi connectivity index (χ2n) is 8.65. The zero-order valence-electron chi connectivity index (χ0n) is 18.9. The van der Waals surface area contributed by atoms with E-state index in [0.717, 1.165) is 69.2 Å². The van der Waals surface area contributed by atoms with Crippen LogP contribution >= 0.6 is 11.3 Å². The number of carboxylic acid groups (broad SMARTS) is 1. The van der Waals surface area contributed by atoms with Gasteiger partial charge in [0.05, 0.1) is 28.9 Å². The number of fused-ring (bicyclic) bond motifs is 1. The van der Waals surface area contributed by atoms with Crippen LogP contribution < -0.4 is 5.32 Å². The summed E-state index contributed by atoms with van der Waals surface area (Å²) in [4.78, 5) is 34.2. The predicted octanol–water partition coefficient (Wildman–Crippen LogP) is 4.89. The number of aromatic carboxylic acids is 1. The minimum atomic E-state index is -0.985. The Morgan fingerprint density at radius 2 is 2.00 bits per heavy atom. The van der Waals surface area contributed by atoms with Gasteiger partial charge in [-0.15, -0.1) is 11.3 Å². The number of rotatable bonds is 5. The molecule has 1 saturated heterocycles. The summed E-state index contributed by atoms with van der Waals surface area (Å²) in [5.74, 6) is -0.804.